The molecular weight excluding hydrogens is 538 g/mol. The first-order valence-corrected chi connectivity index (χ1v) is 16.0. The van der Waals surface area contributed by atoms with Crippen LogP contribution in [-0.4, -0.2) is 66.6 Å². The van der Waals surface area contributed by atoms with E-state index in [-0.39, 0.29) is 11.8 Å². The highest BCUT2D eigenvalue weighted by molar-refractivity contribution is 5.97. The summed E-state index contributed by atoms with van der Waals surface area (Å²) in [6, 6.07) is 17.7. The Hall–Kier alpha value is -3.74. The minimum Gasteiger partial charge on any atom is -0.497 e. The number of piperazine rings is 1. The number of benzene rings is 2. The minimum absolute atomic E-state index is 0.0000523. The molecule has 0 aliphatic carbocycles. The zero-order chi connectivity index (χ0) is 30.6. The lowest BCUT2D eigenvalue weighted by Gasteiger charge is -2.35. The summed E-state index contributed by atoms with van der Waals surface area (Å²) in [6.45, 7) is 6.50. The summed E-state index contributed by atoms with van der Waals surface area (Å²) in [5, 5.41) is 0. The number of unbranched alkanes of at least 4 members (excludes halogenated alkanes) is 8. The molecule has 0 bridgehead atoms. The van der Waals surface area contributed by atoms with Crippen LogP contribution < -0.4 is 9.47 Å². The van der Waals surface area contributed by atoms with Crippen molar-refractivity contribution >= 4 is 11.8 Å². The third-order valence-corrected chi connectivity index (χ3v) is 8.59. The van der Waals surface area contributed by atoms with Gasteiger partial charge in [-0.3, -0.25) is 9.59 Å². The number of ether oxygens (including phenoxy) is 2. The van der Waals surface area contributed by atoms with Crippen molar-refractivity contribution in [3.8, 4) is 28.4 Å². The lowest BCUT2D eigenvalue weighted by atomic mass is 10.1. The van der Waals surface area contributed by atoms with Gasteiger partial charge in [0.1, 0.15) is 11.5 Å². The van der Waals surface area contributed by atoms with Crippen LogP contribution in [0.15, 0.2) is 54.6 Å². The van der Waals surface area contributed by atoms with E-state index in [1.165, 1.54) is 44.9 Å². The highest BCUT2D eigenvalue weighted by Gasteiger charge is 2.28. The Morgan fingerprint density at radius 2 is 1.33 bits per heavy atom. The van der Waals surface area contributed by atoms with Crippen molar-refractivity contribution in [2.24, 2.45) is 0 Å². The van der Waals surface area contributed by atoms with Crippen molar-refractivity contribution in [3.05, 3.63) is 65.9 Å². The third-order valence-electron chi connectivity index (χ3n) is 8.59. The zero-order valence-corrected chi connectivity index (χ0v) is 26.6. The summed E-state index contributed by atoms with van der Waals surface area (Å²) >= 11 is 0. The molecule has 1 aliphatic rings. The Morgan fingerprint density at radius 3 is 1.95 bits per heavy atom. The fourth-order valence-electron chi connectivity index (χ4n) is 5.95. The maximum absolute atomic E-state index is 13.9. The zero-order valence-electron chi connectivity index (χ0n) is 26.6. The highest BCUT2D eigenvalue weighted by atomic mass is 16.5. The van der Waals surface area contributed by atoms with Gasteiger partial charge in [-0.1, -0.05) is 64.4 Å². The van der Waals surface area contributed by atoms with Gasteiger partial charge < -0.3 is 23.8 Å². The van der Waals surface area contributed by atoms with Crippen LogP contribution in [0.2, 0.25) is 0 Å². The minimum atomic E-state index is -0.0000523. The van der Waals surface area contributed by atoms with E-state index in [9.17, 15) is 9.59 Å². The molecule has 43 heavy (non-hydrogen) atoms. The van der Waals surface area contributed by atoms with Gasteiger partial charge in [-0.05, 0) is 61.4 Å². The lowest BCUT2D eigenvalue weighted by Crippen LogP contribution is -2.50. The highest BCUT2D eigenvalue weighted by Crippen LogP contribution is 2.32. The second-order valence-corrected chi connectivity index (χ2v) is 11.5. The van der Waals surface area contributed by atoms with Crippen LogP contribution in [0.4, 0.5) is 0 Å². The van der Waals surface area contributed by atoms with Gasteiger partial charge in [0.25, 0.3) is 5.91 Å². The molecule has 0 saturated carbocycles. The Morgan fingerprint density at radius 1 is 0.721 bits per heavy atom. The number of carbonyl (C=O) groups is 2. The van der Waals surface area contributed by atoms with Crippen molar-refractivity contribution in [1.82, 2.24) is 14.4 Å². The molecular formula is C36H49N3O4. The monoisotopic (exact) mass is 587 g/mol. The fourth-order valence-corrected chi connectivity index (χ4v) is 5.95. The first-order chi connectivity index (χ1) is 21.0. The molecule has 3 aromatic rings. The average molecular weight is 588 g/mol. The van der Waals surface area contributed by atoms with E-state index in [0.29, 0.717) is 38.2 Å². The van der Waals surface area contributed by atoms with Gasteiger partial charge in [-0.2, -0.15) is 0 Å². The molecule has 1 aromatic heterocycles. The number of methoxy groups -OCH3 is 2. The normalized spacial score (nSPS) is 13.3. The summed E-state index contributed by atoms with van der Waals surface area (Å²) in [6.07, 6.45) is 11.8. The molecule has 1 fully saturated rings. The number of amides is 2. The molecule has 2 heterocycles. The molecule has 2 aromatic carbocycles. The first-order valence-electron chi connectivity index (χ1n) is 16.0. The van der Waals surface area contributed by atoms with Crippen molar-refractivity contribution in [2.75, 3.05) is 40.4 Å². The number of carbonyl (C=O) groups excluding carboxylic acids is 2. The number of nitrogens with zero attached hydrogens (tertiary/aromatic N) is 3. The van der Waals surface area contributed by atoms with Gasteiger partial charge in [-0.25, -0.2) is 0 Å². The van der Waals surface area contributed by atoms with Crippen molar-refractivity contribution in [3.63, 3.8) is 0 Å². The standard InChI is InChI=1S/C36H49N3O4/c1-5-6-7-8-9-10-11-12-13-17-35(40)37-22-24-38(25-23-37)36(41)33-27-34(29-18-20-31(42-3)21-19-29)39(28(33)2)30-15-14-16-32(26-30)43-4/h14-16,18-21,26-27H,5-13,17,22-25H2,1-4H3. The number of hydrogen-bond acceptors (Lipinski definition) is 4. The van der Waals surface area contributed by atoms with Gasteiger partial charge in [0.15, 0.2) is 0 Å². The van der Waals surface area contributed by atoms with Crippen LogP contribution in [0, 0.1) is 6.92 Å². The lowest BCUT2D eigenvalue weighted by molar-refractivity contribution is -0.132. The van der Waals surface area contributed by atoms with Gasteiger partial charge >= 0.3 is 0 Å². The predicted molar refractivity (Wildman–Crippen MR) is 173 cm³/mol. The van der Waals surface area contributed by atoms with E-state index < -0.39 is 0 Å². The molecule has 7 nitrogen and oxygen atoms in total. The van der Waals surface area contributed by atoms with Gasteiger partial charge in [0.2, 0.25) is 5.91 Å². The predicted octanol–water partition coefficient (Wildman–Crippen LogP) is 7.68. The smallest absolute Gasteiger partial charge is 0.255 e. The summed E-state index contributed by atoms with van der Waals surface area (Å²) in [7, 11) is 3.31. The molecule has 0 atom stereocenters. The molecule has 0 spiro atoms. The van der Waals surface area contributed by atoms with E-state index in [4.69, 9.17) is 9.47 Å². The largest absolute Gasteiger partial charge is 0.497 e. The van der Waals surface area contributed by atoms with E-state index in [1.54, 1.807) is 14.2 Å². The van der Waals surface area contributed by atoms with Crippen molar-refractivity contribution in [2.45, 2.75) is 78.1 Å². The van der Waals surface area contributed by atoms with E-state index >= 15 is 0 Å². The summed E-state index contributed by atoms with van der Waals surface area (Å²) < 4.78 is 13.0. The van der Waals surface area contributed by atoms with Crippen molar-refractivity contribution < 1.29 is 19.1 Å². The van der Waals surface area contributed by atoms with Crippen LogP contribution in [0.25, 0.3) is 16.9 Å². The topological polar surface area (TPSA) is 64.0 Å². The van der Waals surface area contributed by atoms with E-state index in [1.807, 2.05) is 71.3 Å². The summed E-state index contributed by atoms with van der Waals surface area (Å²) in [5.74, 6) is 1.75. The maximum Gasteiger partial charge on any atom is 0.255 e. The molecule has 7 heteroatoms. The summed E-state index contributed by atoms with van der Waals surface area (Å²) in [5.41, 5.74) is 4.37. The molecule has 232 valence electrons. The number of aromatic nitrogens is 1. The van der Waals surface area contributed by atoms with Gasteiger partial charge in [0.05, 0.1) is 25.5 Å². The molecule has 4 rings (SSSR count). The van der Waals surface area contributed by atoms with Gasteiger partial charge in [0, 0.05) is 50.0 Å². The second-order valence-electron chi connectivity index (χ2n) is 11.5. The summed E-state index contributed by atoms with van der Waals surface area (Å²) in [4.78, 5) is 30.6. The Kier molecular flexibility index (Phi) is 12.1. The number of hydrogen-bond donors (Lipinski definition) is 0. The first kappa shape index (κ1) is 32.2. The van der Waals surface area contributed by atoms with Crippen LogP contribution >= 0.6 is 0 Å². The molecule has 0 radical (unpaired) electrons. The second kappa shape index (κ2) is 16.2. The van der Waals surface area contributed by atoms with Crippen LogP contribution in [0.5, 0.6) is 11.5 Å². The third kappa shape index (κ3) is 8.43. The Labute approximate surface area is 257 Å². The number of rotatable bonds is 15. The Bertz CT molecular complexity index is 1320. The average Bonchev–Trinajstić information content (AvgIpc) is 3.40. The quantitative estimate of drug-likeness (QED) is 0.171. The SMILES string of the molecule is CCCCCCCCCCCC(=O)N1CCN(C(=O)c2cc(-c3ccc(OC)cc3)n(-c3cccc(OC)c3)c2C)CC1. The Balaban J connectivity index is 1.39. The molecule has 0 N–H and O–H groups in total. The van der Waals surface area contributed by atoms with Gasteiger partial charge in [-0.15, -0.1) is 0 Å². The van der Waals surface area contributed by atoms with E-state index in [0.717, 1.165) is 47.0 Å². The maximum atomic E-state index is 13.9. The molecule has 0 unspecified atom stereocenters. The fraction of sp³-hybridized carbons (Fsp3) is 0.500. The molecule has 1 saturated heterocycles. The van der Waals surface area contributed by atoms with E-state index in [2.05, 4.69) is 11.5 Å². The van der Waals surface area contributed by atoms with Crippen molar-refractivity contribution in [1.29, 1.82) is 0 Å². The van der Waals surface area contributed by atoms with Crippen LogP contribution in [0.3, 0.4) is 0 Å². The van der Waals surface area contributed by atoms with Crippen LogP contribution in [0.1, 0.15) is 87.2 Å². The van der Waals surface area contributed by atoms with Crippen LogP contribution in [-0.2, 0) is 4.79 Å². The molecule has 1 aliphatic heterocycles. The molecule has 2 amide bonds.